The number of hydrogen-bond donors (Lipinski definition) is 1. The third-order valence-electron chi connectivity index (χ3n) is 1.73. The van der Waals surface area contributed by atoms with E-state index in [9.17, 15) is 0 Å². The van der Waals surface area contributed by atoms with Crippen LogP contribution in [0.2, 0.25) is 4.34 Å². The molecule has 14 heavy (non-hydrogen) atoms. The second kappa shape index (κ2) is 4.35. The van der Waals surface area contributed by atoms with Crippen molar-refractivity contribution in [1.29, 1.82) is 0 Å². The molecule has 0 radical (unpaired) electrons. The number of hydrogen-bond acceptors (Lipinski definition) is 2. The van der Waals surface area contributed by atoms with Gasteiger partial charge in [-0.15, -0.1) is 11.3 Å². The largest absolute Gasteiger partial charge is 0.384 e. The van der Waals surface area contributed by atoms with Gasteiger partial charge in [-0.3, -0.25) is 0 Å². The van der Waals surface area contributed by atoms with Crippen molar-refractivity contribution in [1.82, 2.24) is 0 Å². The molecule has 0 atom stereocenters. The molecule has 1 rings (SSSR count). The van der Waals surface area contributed by atoms with Crippen molar-refractivity contribution in [2.75, 3.05) is 6.61 Å². The first-order valence-electron chi connectivity index (χ1n) is 4.34. The van der Waals surface area contributed by atoms with Gasteiger partial charge in [0.05, 0.1) is 5.56 Å². The molecule has 0 saturated heterocycles. The molecule has 3 heteroatoms. The fourth-order valence-electron chi connectivity index (χ4n) is 0.958. The molecule has 0 saturated carbocycles. The van der Waals surface area contributed by atoms with E-state index in [0.717, 1.165) is 5.56 Å². The van der Waals surface area contributed by atoms with Crippen molar-refractivity contribution in [2.24, 2.45) is 0 Å². The van der Waals surface area contributed by atoms with Gasteiger partial charge in [0.25, 0.3) is 0 Å². The summed E-state index contributed by atoms with van der Waals surface area (Å²) in [4.78, 5) is 1.21. The summed E-state index contributed by atoms with van der Waals surface area (Å²) < 4.78 is 0.705. The molecule has 1 nitrogen and oxygen atoms in total. The molecule has 0 aliphatic rings. The fraction of sp³-hybridized carbons (Fsp3) is 0.455. The molecule has 0 fully saturated rings. The second-order valence-corrected chi connectivity index (χ2v) is 5.66. The van der Waals surface area contributed by atoms with Crippen LogP contribution in [0.5, 0.6) is 0 Å². The Morgan fingerprint density at radius 1 is 1.50 bits per heavy atom. The molecule has 1 aromatic heterocycles. The van der Waals surface area contributed by atoms with E-state index in [4.69, 9.17) is 16.7 Å². The average Bonchev–Trinajstić information content (AvgIpc) is 2.43. The van der Waals surface area contributed by atoms with E-state index in [-0.39, 0.29) is 12.0 Å². The topological polar surface area (TPSA) is 20.2 Å². The van der Waals surface area contributed by atoms with Crippen LogP contribution in [-0.2, 0) is 5.41 Å². The molecule has 1 heterocycles. The molecule has 1 N–H and O–H groups in total. The predicted octanol–water partition coefficient (Wildman–Crippen LogP) is 3.04. The maximum atomic E-state index is 8.57. The van der Waals surface area contributed by atoms with E-state index in [1.165, 1.54) is 4.88 Å². The molecule has 0 amide bonds. The molecule has 0 aliphatic heterocycles. The minimum Gasteiger partial charge on any atom is -0.384 e. The van der Waals surface area contributed by atoms with Crippen LogP contribution in [0.15, 0.2) is 6.07 Å². The highest BCUT2D eigenvalue weighted by molar-refractivity contribution is 7.16. The van der Waals surface area contributed by atoms with Crippen LogP contribution in [0.25, 0.3) is 0 Å². The molecule has 0 unspecified atom stereocenters. The van der Waals surface area contributed by atoms with Crippen LogP contribution >= 0.6 is 22.9 Å². The van der Waals surface area contributed by atoms with Gasteiger partial charge in [0.15, 0.2) is 0 Å². The quantitative estimate of drug-likeness (QED) is 0.677. The zero-order chi connectivity index (χ0) is 10.8. The molecular formula is C11H13ClOS. The number of aliphatic hydroxyl groups is 1. The molecule has 1 aromatic rings. The molecule has 76 valence electrons. The summed E-state index contributed by atoms with van der Waals surface area (Å²) in [5, 5.41) is 8.57. The van der Waals surface area contributed by atoms with Gasteiger partial charge in [-0.2, -0.15) is 0 Å². The third kappa shape index (κ3) is 2.75. The first-order valence-corrected chi connectivity index (χ1v) is 5.54. The van der Waals surface area contributed by atoms with E-state index in [0.29, 0.717) is 4.34 Å². The Kier molecular flexibility index (Phi) is 3.60. The summed E-state index contributed by atoms with van der Waals surface area (Å²) in [5.41, 5.74) is 0.920. The summed E-state index contributed by atoms with van der Waals surface area (Å²) in [5.74, 6) is 5.43. The van der Waals surface area contributed by atoms with E-state index >= 15 is 0 Å². The van der Waals surface area contributed by atoms with Crippen molar-refractivity contribution in [3.05, 3.63) is 20.8 Å². The molecule has 0 aliphatic carbocycles. The van der Waals surface area contributed by atoms with E-state index in [1.54, 1.807) is 11.3 Å². The van der Waals surface area contributed by atoms with Crippen LogP contribution in [-0.4, -0.2) is 11.7 Å². The van der Waals surface area contributed by atoms with Crippen LogP contribution in [0.3, 0.4) is 0 Å². The fourth-order valence-corrected chi connectivity index (χ4v) is 2.21. The Balaban J connectivity index is 3.05. The molecular weight excluding hydrogens is 216 g/mol. The average molecular weight is 229 g/mol. The Morgan fingerprint density at radius 3 is 2.57 bits per heavy atom. The highest BCUT2D eigenvalue weighted by atomic mass is 35.5. The lowest BCUT2D eigenvalue weighted by Gasteiger charge is -2.14. The Bertz CT molecular complexity index is 376. The van der Waals surface area contributed by atoms with Gasteiger partial charge in [0.1, 0.15) is 10.9 Å². The number of thiophene rings is 1. The van der Waals surface area contributed by atoms with Crippen LogP contribution in [0, 0.1) is 11.8 Å². The Morgan fingerprint density at radius 2 is 2.14 bits per heavy atom. The SMILES string of the molecule is CC(C)(C)c1cc(C#CCO)c(Cl)s1. The number of rotatable bonds is 0. The summed E-state index contributed by atoms with van der Waals surface area (Å²) >= 11 is 7.57. The zero-order valence-electron chi connectivity index (χ0n) is 8.52. The third-order valence-corrected chi connectivity index (χ3v) is 3.51. The van der Waals surface area contributed by atoms with Gasteiger partial charge in [-0.1, -0.05) is 44.2 Å². The lowest BCUT2D eigenvalue weighted by Crippen LogP contribution is -2.07. The molecule has 0 spiro atoms. The summed E-state index contributed by atoms with van der Waals surface area (Å²) in [6.45, 7) is 6.28. The first-order chi connectivity index (χ1) is 6.45. The van der Waals surface area contributed by atoms with E-state index in [1.807, 2.05) is 6.07 Å². The van der Waals surface area contributed by atoms with Gasteiger partial charge < -0.3 is 5.11 Å². The smallest absolute Gasteiger partial charge is 0.109 e. The van der Waals surface area contributed by atoms with Gasteiger partial charge >= 0.3 is 0 Å². The maximum Gasteiger partial charge on any atom is 0.109 e. The van der Waals surface area contributed by atoms with Crippen molar-refractivity contribution in [3.8, 4) is 11.8 Å². The van der Waals surface area contributed by atoms with Crippen molar-refractivity contribution < 1.29 is 5.11 Å². The minimum absolute atomic E-state index is 0.105. The van der Waals surface area contributed by atoms with E-state index < -0.39 is 0 Å². The summed E-state index contributed by atoms with van der Waals surface area (Å²) in [6.07, 6.45) is 0. The number of halogens is 1. The minimum atomic E-state index is -0.128. The van der Waals surface area contributed by atoms with Gasteiger partial charge in [0, 0.05) is 4.88 Å². The van der Waals surface area contributed by atoms with Crippen LogP contribution < -0.4 is 0 Å². The Hall–Kier alpha value is -0.490. The van der Waals surface area contributed by atoms with Gasteiger partial charge in [0.2, 0.25) is 0 Å². The summed E-state index contributed by atoms with van der Waals surface area (Å²) in [6, 6.07) is 2.00. The zero-order valence-corrected chi connectivity index (χ0v) is 10.1. The summed E-state index contributed by atoms with van der Waals surface area (Å²) in [7, 11) is 0. The highest BCUT2D eigenvalue weighted by Gasteiger charge is 2.18. The van der Waals surface area contributed by atoms with Crippen molar-refractivity contribution in [2.45, 2.75) is 26.2 Å². The number of aliphatic hydroxyl groups excluding tert-OH is 1. The molecule has 0 bridgehead atoms. The standard InChI is InChI=1S/C11H13ClOS/c1-11(2,3)9-7-8(5-4-6-13)10(12)14-9/h7,13H,6H2,1-3H3. The monoisotopic (exact) mass is 228 g/mol. The second-order valence-electron chi connectivity index (χ2n) is 4.01. The lowest BCUT2D eigenvalue weighted by atomic mass is 9.94. The maximum absolute atomic E-state index is 8.57. The van der Waals surface area contributed by atoms with Crippen LogP contribution in [0.4, 0.5) is 0 Å². The highest BCUT2D eigenvalue weighted by Crippen LogP contribution is 2.34. The van der Waals surface area contributed by atoms with Crippen molar-refractivity contribution >= 4 is 22.9 Å². The first kappa shape index (κ1) is 11.6. The van der Waals surface area contributed by atoms with E-state index in [2.05, 4.69) is 32.6 Å². The normalized spacial score (nSPS) is 10.9. The van der Waals surface area contributed by atoms with Gasteiger partial charge in [-0.05, 0) is 11.5 Å². The van der Waals surface area contributed by atoms with Crippen LogP contribution in [0.1, 0.15) is 31.2 Å². The lowest BCUT2D eigenvalue weighted by molar-refractivity contribution is 0.350. The van der Waals surface area contributed by atoms with Crippen molar-refractivity contribution in [3.63, 3.8) is 0 Å². The molecule has 0 aromatic carbocycles. The predicted molar refractivity (Wildman–Crippen MR) is 62.0 cm³/mol. The van der Waals surface area contributed by atoms with Gasteiger partial charge in [-0.25, -0.2) is 0 Å². The Labute approximate surface area is 93.7 Å².